The molecule has 0 spiro atoms. The van der Waals surface area contributed by atoms with Gasteiger partial charge >= 0.3 is 5.97 Å². The number of thioether (sulfide) groups is 1. The molecule has 0 aliphatic rings. The number of nitrogens with one attached hydrogen (secondary N) is 3. The Hall–Kier alpha value is -2.87. The molecule has 182 valence electrons. The molecule has 32 heavy (non-hydrogen) atoms. The van der Waals surface area contributed by atoms with Gasteiger partial charge in [-0.15, -0.1) is 0 Å². The number of aliphatic carboxylic acids is 1. The molecular formula is C18H32N6O7S. The van der Waals surface area contributed by atoms with Gasteiger partial charge < -0.3 is 38.3 Å². The van der Waals surface area contributed by atoms with Crippen molar-refractivity contribution in [2.45, 2.75) is 57.3 Å². The van der Waals surface area contributed by atoms with Gasteiger partial charge in [0.25, 0.3) is 0 Å². The van der Waals surface area contributed by atoms with E-state index in [-0.39, 0.29) is 6.42 Å². The largest absolute Gasteiger partial charge is 0.480 e. The highest BCUT2D eigenvalue weighted by Gasteiger charge is 2.32. The molecule has 0 aromatic heterocycles. The van der Waals surface area contributed by atoms with E-state index in [9.17, 15) is 33.9 Å². The van der Waals surface area contributed by atoms with Gasteiger partial charge in [-0.05, 0) is 24.3 Å². The monoisotopic (exact) mass is 476 g/mol. The summed E-state index contributed by atoms with van der Waals surface area (Å²) < 4.78 is 0. The third-order valence-corrected chi connectivity index (χ3v) is 4.91. The number of carbonyl (C=O) groups is 6. The molecule has 13 nitrogen and oxygen atoms in total. The molecule has 0 saturated heterocycles. The minimum atomic E-state index is -1.47. The van der Waals surface area contributed by atoms with Gasteiger partial charge in [-0.2, -0.15) is 11.8 Å². The van der Waals surface area contributed by atoms with Crippen LogP contribution < -0.4 is 33.2 Å². The lowest BCUT2D eigenvalue weighted by molar-refractivity contribution is -0.142. The molecule has 14 heteroatoms. The summed E-state index contributed by atoms with van der Waals surface area (Å²) in [6.45, 7) is 3.24. The number of primary amides is 2. The first-order chi connectivity index (χ1) is 14.8. The predicted molar refractivity (Wildman–Crippen MR) is 117 cm³/mol. The molecule has 10 N–H and O–H groups in total. The van der Waals surface area contributed by atoms with Crippen molar-refractivity contribution in [1.82, 2.24) is 16.0 Å². The lowest BCUT2D eigenvalue weighted by Crippen LogP contribution is -2.59. The van der Waals surface area contributed by atoms with Crippen LogP contribution in [0.4, 0.5) is 0 Å². The summed E-state index contributed by atoms with van der Waals surface area (Å²) in [5.74, 6) is -5.51. The third kappa shape index (κ3) is 10.9. The van der Waals surface area contributed by atoms with Crippen molar-refractivity contribution in [2.75, 3.05) is 12.0 Å². The number of carboxylic acids is 1. The van der Waals surface area contributed by atoms with Crippen LogP contribution in [0.3, 0.4) is 0 Å². The number of amides is 5. The van der Waals surface area contributed by atoms with E-state index in [0.717, 1.165) is 0 Å². The van der Waals surface area contributed by atoms with Crippen molar-refractivity contribution >= 4 is 47.3 Å². The lowest BCUT2D eigenvalue weighted by atomic mass is 10.0. The predicted octanol–water partition coefficient (Wildman–Crippen LogP) is -2.99. The van der Waals surface area contributed by atoms with E-state index in [0.29, 0.717) is 5.75 Å². The number of carbonyl (C=O) groups excluding carboxylic acids is 5. The minimum Gasteiger partial charge on any atom is -0.480 e. The van der Waals surface area contributed by atoms with Gasteiger partial charge in [-0.1, -0.05) is 13.8 Å². The standard InChI is InChI=1S/C18H32N6O7S/c1-8(2)14(17(29)22-10(18(30)31)4-5-32-3)24-16(28)11(7-13(21)26)23-15(27)9(19)6-12(20)25/h8-11,14H,4-7,19H2,1-3H3,(H2,20,25)(H2,21,26)(H,22,29)(H,23,27)(H,24,28)(H,30,31). The Morgan fingerprint density at radius 1 is 0.844 bits per heavy atom. The quantitative estimate of drug-likeness (QED) is 0.127. The summed E-state index contributed by atoms with van der Waals surface area (Å²) in [6.07, 6.45) is 0.888. The fourth-order valence-corrected chi connectivity index (χ4v) is 3.01. The smallest absolute Gasteiger partial charge is 0.326 e. The van der Waals surface area contributed by atoms with E-state index in [1.165, 1.54) is 11.8 Å². The summed E-state index contributed by atoms with van der Waals surface area (Å²) in [4.78, 5) is 71.2. The number of hydrogen-bond donors (Lipinski definition) is 7. The fraction of sp³-hybridized carbons (Fsp3) is 0.667. The Kier molecular flexibility index (Phi) is 13.0. The normalized spacial score (nSPS) is 14.5. The maximum absolute atomic E-state index is 12.7. The second kappa shape index (κ2) is 14.2. The van der Waals surface area contributed by atoms with Gasteiger partial charge in [0.05, 0.1) is 18.9 Å². The average Bonchev–Trinajstić information content (AvgIpc) is 2.66. The maximum Gasteiger partial charge on any atom is 0.326 e. The van der Waals surface area contributed by atoms with Crippen LogP contribution in [0, 0.1) is 5.92 Å². The summed E-state index contributed by atoms with van der Waals surface area (Å²) in [5.41, 5.74) is 15.7. The highest BCUT2D eigenvalue weighted by molar-refractivity contribution is 7.98. The molecule has 4 unspecified atom stereocenters. The summed E-state index contributed by atoms with van der Waals surface area (Å²) in [7, 11) is 0. The molecular weight excluding hydrogens is 444 g/mol. The molecule has 0 rings (SSSR count). The van der Waals surface area contributed by atoms with Crippen LogP contribution in [-0.2, 0) is 28.8 Å². The van der Waals surface area contributed by atoms with Gasteiger partial charge in [-0.25, -0.2) is 4.79 Å². The van der Waals surface area contributed by atoms with E-state index < -0.39 is 78.4 Å². The van der Waals surface area contributed by atoms with Gasteiger partial charge in [-0.3, -0.25) is 24.0 Å². The van der Waals surface area contributed by atoms with Crippen molar-refractivity contribution in [2.24, 2.45) is 23.1 Å². The molecule has 0 aromatic carbocycles. The summed E-state index contributed by atoms with van der Waals surface area (Å²) in [6, 6.07) is -5.14. The van der Waals surface area contributed by atoms with E-state index in [1.54, 1.807) is 20.1 Å². The summed E-state index contributed by atoms with van der Waals surface area (Å²) in [5, 5.41) is 16.3. The van der Waals surface area contributed by atoms with Crippen LogP contribution in [0.25, 0.3) is 0 Å². The highest BCUT2D eigenvalue weighted by atomic mass is 32.2. The van der Waals surface area contributed by atoms with Crippen LogP contribution in [-0.4, -0.2) is 76.8 Å². The Morgan fingerprint density at radius 2 is 1.38 bits per heavy atom. The van der Waals surface area contributed by atoms with E-state index in [1.807, 2.05) is 0 Å². The summed E-state index contributed by atoms with van der Waals surface area (Å²) >= 11 is 1.41. The molecule has 5 amide bonds. The average molecular weight is 477 g/mol. The number of rotatable bonds is 15. The molecule has 0 fully saturated rings. The Morgan fingerprint density at radius 3 is 1.81 bits per heavy atom. The topological polar surface area (TPSA) is 237 Å². The van der Waals surface area contributed by atoms with Crippen LogP contribution in [0.5, 0.6) is 0 Å². The molecule has 0 aliphatic carbocycles. The molecule has 0 bridgehead atoms. The van der Waals surface area contributed by atoms with Gasteiger partial charge in [0.1, 0.15) is 18.1 Å². The molecule has 0 aromatic rings. The first-order valence-electron chi connectivity index (χ1n) is 9.75. The van der Waals surface area contributed by atoms with Gasteiger partial charge in [0, 0.05) is 0 Å². The maximum atomic E-state index is 12.7. The van der Waals surface area contributed by atoms with Gasteiger partial charge in [0.2, 0.25) is 29.5 Å². The van der Waals surface area contributed by atoms with Crippen LogP contribution in [0.1, 0.15) is 33.1 Å². The molecule has 0 radical (unpaired) electrons. The highest BCUT2D eigenvalue weighted by Crippen LogP contribution is 2.07. The van der Waals surface area contributed by atoms with Crippen molar-refractivity contribution in [3.05, 3.63) is 0 Å². The van der Waals surface area contributed by atoms with Crippen LogP contribution >= 0.6 is 11.8 Å². The van der Waals surface area contributed by atoms with Crippen LogP contribution in [0.2, 0.25) is 0 Å². The lowest BCUT2D eigenvalue weighted by Gasteiger charge is -2.26. The zero-order valence-electron chi connectivity index (χ0n) is 18.3. The zero-order valence-corrected chi connectivity index (χ0v) is 19.1. The zero-order chi connectivity index (χ0) is 25.0. The number of hydrogen-bond acceptors (Lipinski definition) is 8. The van der Waals surface area contributed by atoms with E-state index >= 15 is 0 Å². The molecule has 0 aliphatic heterocycles. The first kappa shape index (κ1) is 29.1. The number of nitrogens with two attached hydrogens (primary N) is 3. The Bertz CT molecular complexity index is 718. The van der Waals surface area contributed by atoms with Crippen molar-refractivity contribution in [3.63, 3.8) is 0 Å². The molecule has 4 atom stereocenters. The Labute approximate surface area is 189 Å². The molecule has 0 heterocycles. The minimum absolute atomic E-state index is 0.180. The third-order valence-electron chi connectivity index (χ3n) is 4.27. The fourth-order valence-electron chi connectivity index (χ4n) is 2.54. The van der Waals surface area contributed by atoms with Crippen molar-refractivity contribution < 1.29 is 33.9 Å². The Balaban J connectivity index is 5.41. The van der Waals surface area contributed by atoms with Gasteiger partial charge in [0.15, 0.2) is 0 Å². The molecule has 0 saturated carbocycles. The van der Waals surface area contributed by atoms with E-state index in [4.69, 9.17) is 17.2 Å². The van der Waals surface area contributed by atoms with Crippen molar-refractivity contribution in [3.8, 4) is 0 Å². The van der Waals surface area contributed by atoms with Crippen LogP contribution in [0.15, 0.2) is 0 Å². The number of carboxylic acid groups (broad SMARTS) is 1. The first-order valence-corrected chi connectivity index (χ1v) is 11.1. The second-order valence-corrected chi connectivity index (χ2v) is 8.41. The SMILES string of the molecule is CSCCC(NC(=O)C(NC(=O)C(CC(N)=O)NC(=O)C(N)CC(N)=O)C(C)C)C(=O)O. The second-order valence-electron chi connectivity index (χ2n) is 7.42. The van der Waals surface area contributed by atoms with Crippen molar-refractivity contribution in [1.29, 1.82) is 0 Å². The van der Waals surface area contributed by atoms with E-state index in [2.05, 4.69) is 16.0 Å².